The highest BCUT2D eigenvalue weighted by Gasteiger charge is 2.17. The molecule has 0 N–H and O–H groups in total. The molecule has 0 aliphatic carbocycles. The second kappa shape index (κ2) is 5.86. The topological polar surface area (TPSA) is 72.8 Å². The van der Waals surface area contributed by atoms with Crippen molar-refractivity contribution in [2.24, 2.45) is 5.18 Å². The van der Waals surface area contributed by atoms with Crippen LogP contribution >= 0.6 is 0 Å². The van der Waals surface area contributed by atoms with Gasteiger partial charge < -0.3 is 4.74 Å². The van der Waals surface area contributed by atoms with E-state index in [-0.39, 0.29) is 11.3 Å². The number of allylic oxidation sites excluding steroid dienone is 1. The van der Waals surface area contributed by atoms with E-state index in [0.717, 1.165) is 5.56 Å². The zero-order chi connectivity index (χ0) is 13.7. The molecule has 1 amide bonds. The van der Waals surface area contributed by atoms with Gasteiger partial charge in [0.2, 0.25) is 0 Å². The second-order valence-electron chi connectivity index (χ2n) is 3.71. The molecule has 0 bridgehead atoms. The number of benzene rings is 1. The van der Waals surface area contributed by atoms with Gasteiger partial charge in [-0.1, -0.05) is 12.1 Å². The minimum Gasteiger partial charge on any atom is -0.426 e. The van der Waals surface area contributed by atoms with Crippen LogP contribution in [0.15, 0.2) is 30.0 Å². The Morgan fingerprint density at radius 1 is 1.44 bits per heavy atom. The van der Waals surface area contributed by atoms with Gasteiger partial charge in [-0.2, -0.15) is 0 Å². The average molecular weight is 247 g/mol. The molecule has 0 saturated heterocycles. The number of hydrogen-bond acceptors (Lipinski definition) is 4. The smallest absolute Gasteiger partial charge is 0.317 e. The zero-order valence-corrected chi connectivity index (χ0v) is 10.2. The number of carbonyl (C=O) groups is 2. The van der Waals surface area contributed by atoms with E-state index in [1.807, 2.05) is 0 Å². The Bertz CT molecular complexity index is 520. The average Bonchev–Trinajstić information content (AvgIpc) is 2.33. The molecule has 94 valence electrons. The summed E-state index contributed by atoms with van der Waals surface area (Å²) in [5.74, 6) is -1.09. The van der Waals surface area contributed by atoms with E-state index in [9.17, 15) is 14.5 Å². The number of carbonyl (C=O) groups excluding carboxylic acids is 2. The van der Waals surface area contributed by atoms with Crippen molar-refractivity contribution in [3.8, 4) is 5.75 Å². The maximum absolute atomic E-state index is 11.3. The monoisotopic (exact) mass is 247 g/mol. The zero-order valence-electron chi connectivity index (χ0n) is 10.2. The molecular formula is C13H13NO4. The molecule has 5 heteroatoms. The predicted octanol–water partition coefficient (Wildman–Crippen LogP) is 2.56. The van der Waals surface area contributed by atoms with Crippen molar-refractivity contribution >= 4 is 11.9 Å². The molecule has 0 atom stereocenters. The van der Waals surface area contributed by atoms with Crippen LogP contribution in [0.2, 0.25) is 0 Å². The van der Waals surface area contributed by atoms with Crippen LogP contribution in [0.25, 0.3) is 0 Å². The second-order valence-corrected chi connectivity index (χ2v) is 3.71. The fourth-order valence-electron chi connectivity index (χ4n) is 1.63. The molecule has 0 spiro atoms. The van der Waals surface area contributed by atoms with Gasteiger partial charge in [0.1, 0.15) is 5.75 Å². The molecule has 0 fully saturated rings. The lowest BCUT2D eigenvalue weighted by atomic mass is 10.0. The van der Waals surface area contributed by atoms with Crippen molar-refractivity contribution in [2.75, 3.05) is 0 Å². The van der Waals surface area contributed by atoms with Crippen molar-refractivity contribution in [2.45, 2.75) is 20.3 Å². The van der Waals surface area contributed by atoms with Crippen LogP contribution in [0.4, 0.5) is 0 Å². The minimum absolute atomic E-state index is 0.133. The van der Waals surface area contributed by atoms with Crippen LogP contribution in [-0.2, 0) is 11.2 Å². The highest BCUT2D eigenvalue weighted by atomic mass is 16.5. The molecule has 0 aliphatic heterocycles. The van der Waals surface area contributed by atoms with E-state index < -0.39 is 11.9 Å². The molecule has 0 aromatic heterocycles. The summed E-state index contributed by atoms with van der Waals surface area (Å²) in [5.41, 5.74) is 1.28. The fraction of sp³-hybridized carbons (Fsp3) is 0.231. The first-order chi connectivity index (χ1) is 8.51. The maximum Gasteiger partial charge on any atom is 0.317 e. The number of nitrogens with zero attached hydrogens (tertiary/aromatic N) is 1. The molecule has 0 unspecified atom stereocenters. The molecule has 5 nitrogen and oxygen atoms in total. The number of amides is 1. The third-order valence-corrected chi connectivity index (χ3v) is 2.41. The van der Waals surface area contributed by atoms with E-state index in [0.29, 0.717) is 12.0 Å². The van der Waals surface area contributed by atoms with E-state index in [2.05, 4.69) is 11.8 Å². The van der Waals surface area contributed by atoms with E-state index >= 15 is 0 Å². The molecule has 0 aliphatic rings. The summed E-state index contributed by atoms with van der Waals surface area (Å²) < 4.78 is 5.08. The Balaban J connectivity index is 3.38. The first-order valence-electron chi connectivity index (χ1n) is 5.30. The van der Waals surface area contributed by atoms with Gasteiger partial charge in [-0.3, -0.25) is 9.59 Å². The van der Waals surface area contributed by atoms with Gasteiger partial charge in [-0.05, 0) is 25.0 Å². The molecule has 18 heavy (non-hydrogen) atoms. The number of esters is 1. The third-order valence-electron chi connectivity index (χ3n) is 2.41. The molecule has 1 aromatic carbocycles. The Morgan fingerprint density at radius 2 is 2.11 bits per heavy atom. The standard InChI is InChI=1S/C13H13NO4/c1-4-5-10-6-7-11(13(16)14-17)8(2)12(10)18-9(3)15/h4,6-7H,1,5H2,2-3H3. The molecule has 0 saturated carbocycles. The summed E-state index contributed by atoms with van der Waals surface area (Å²) in [6.07, 6.45) is 2.15. The number of ether oxygens (including phenoxy) is 1. The van der Waals surface area contributed by atoms with E-state index in [1.165, 1.54) is 13.0 Å². The first-order valence-corrected chi connectivity index (χ1v) is 5.30. The summed E-state index contributed by atoms with van der Waals surface area (Å²) in [5, 5.41) is 2.37. The van der Waals surface area contributed by atoms with Crippen LogP contribution in [-0.4, -0.2) is 11.9 Å². The number of rotatable bonds is 4. The predicted molar refractivity (Wildman–Crippen MR) is 66.5 cm³/mol. The van der Waals surface area contributed by atoms with Gasteiger partial charge >= 0.3 is 11.9 Å². The molecule has 1 rings (SSSR count). The van der Waals surface area contributed by atoms with E-state index in [1.54, 1.807) is 19.1 Å². The first kappa shape index (κ1) is 13.8. The van der Waals surface area contributed by atoms with Gasteiger partial charge in [0.05, 0.1) is 5.56 Å². The van der Waals surface area contributed by atoms with Crippen molar-refractivity contribution in [1.29, 1.82) is 0 Å². The van der Waals surface area contributed by atoms with Gasteiger partial charge in [0, 0.05) is 17.7 Å². The lowest BCUT2D eigenvalue weighted by Crippen LogP contribution is -2.08. The van der Waals surface area contributed by atoms with Gasteiger partial charge in [-0.25, -0.2) is 0 Å². The Kier molecular flexibility index (Phi) is 4.48. The van der Waals surface area contributed by atoms with Crippen LogP contribution < -0.4 is 4.74 Å². The largest absolute Gasteiger partial charge is 0.426 e. The molecule has 0 radical (unpaired) electrons. The quantitative estimate of drug-likeness (QED) is 0.354. The summed E-state index contributed by atoms with van der Waals surface area (Å²) >= 11 is 0. The Hall–Kier alpha value is -2.30. The minimum atomic E-state index is -0.883. The summed E-state index contributed by atoms with van der Waals surface area (Å²) in [4.78, 5) is 32.6. The van der Waals surface area contributed by atoms with Crippen LogP contribution in [0.5, 0.6) is 5.75 Å². The lowest BCUT2D eigenvalue weighted by Gasteiger charge is -2.12. The van der Waals surface area contributed by atoms with Crippen molar-refractivity contribution in [3.05, 3.63) is 46.4 Å². The van der Waals surface area contributed by atoms with Gasteiger partial charge in [0.25, 0.3) is 0 Å². The maximum atomic E-state index is 11.3. The molecular weight excluding hydrogens is 234 g/mol. The summed E-state index contributed by atoms with van der Waals surface area (Å²) in [6.45, 7) is 6.47. The van der Waals surface area contributed by atoms with Crippen molar-refractivity contribution in [3.63, 3.8) is 0 Å². The van der Waals surface area contributed by atoms with Crippen molar-refractivity contribution in [1.82, 2.24) is 0 Å². The summed E-state index contributed by atoms with van der Waals surface area (Å²) in [7, 11) is 0. The third kappa shape index (κ3) is 2.88. The number of nitroso groups, excluding NO2 is 1. The number of hydrogen-bond donors (Lipinski definition) is 0. The van der Waals surface area contributed by atoms with E-state index in [4.69, 9.17) is 4.74 Å². The van der Waals surface area contributed by atoms with Gasteiger partial charge in [0.15, 0.2) is 0 Å². The normalized spacial score (nSPS) is 9.67. The SMILES string of the molecule is C=CCc1ccc(C(=O)N=O)c(C)c1OC(C)=O. The molecule has 0 heterocycles. The van der Waals surface area contributed by atoms with Crippen LogP contribution in [0.3, 0.4) is 0 Å². The Labute approximate surface area is 104 Å². The summed E-state index contributed by atoms with van der Waals surface area (Å²) in [6, 6.07) is 3.11. The molecule has 1 aromatic rings. The highest BCUT2D eigenvalue weighted by molar-refractivity contribution is 5.97. The van der Waals surface area contributed by atoms with Crippen LogP contribution in [0.1, 0.15) is 28.4 Å². The Morgan fingerprint density at radius 3 is 2.61 bits per heavy atom. The fourth-order valence-corrected chi connectivity index (χ4v) is 1.63. The lowest BCUT2D eigenvalue weighted by molar-refractivity contribution is -0.132. The van der Waals surface area contributed by atoms with Crippen LogP contribution in [0, 0.1) is 11.8 Å². The highest BCUT2D eigenvalue weighted by Crippen LogP contribution is 2.28. The van der Waals surface area contributed by atoms with Crippen molar-refractivity contribution < 1.29 is 14.3 Å². The van der Waals surface area contributed by atoms with Gasteiger partial charge in [-0.15, -0.1) is 11.5 Å².